The molecule has 3 aliphatic rings. The molecule has 0 unspecified atom stereocenters. The minimum absolute atomic E-state index is 1.09. The summed E-state index contributed by atoms with van der Waals surface area (Å²) in [5, 5.41) is 0. The van der Waals surface area contributed by atoms with Crippen molar-refractivity contribution in [3.8, 4) is 0 Å². The highest BCUT2D eigenvalue weighted by Crippen LogP contribution is 2.37. The highest BCUT2D eigenvalue weighted by Gasteiger charge is 2.26. The molecule has 0 spiro atoms. The van der Waals surface area contributed by atoms with Crippen LogP contribution in [-0.4, -0.2) is 0 Å². The van der Waals surface area contributed by atoms with Gasteiger partial charge in [0.05, 0.1) is 5.70 Å². The molecule has 0 atom stereocenters. The maximum atomic E-state index is 3.25. The number of rotatable bonds is 0. The summed E-state index contributed by atoms with van der Waals surface area (Å²) >= 11 is 0. The normalized spacial score (nSPS) is 25.3. The summed E-state index contributed by atoms with van der Waals surface area (Å²) in [5.41, 5.74) is 12.2. The summed E-state index contributed by atoms with van der Waals surface area (Å²) in [5.74, 6) is 0. The van der Waals surface area contributed by atoms with Gasteiger partial charge in [0, 0.05) is 11.3 Å². The summed E-state index contributed by atoms with van der Waals surface area (Å²) < 4.78 is 0. The summed E-state index contributed by atoms with van der Waals surface area (Å²) in [4.78, 5) is 0. The van der Waals surface area contributed by atoms with Gasteiger partial charge in [-0.2, -0.15) is 0 Å². The van der Waals surface area contributed by atoms with Crippen molar-refractivity contribution in [3.63, 3.8) is 0 Å². The van der Waals surface area contributed by atoms with Gasteiger partial charge in [0.25, 0.3) is 0 Å². The molecule has 3 rings (SSSR count). The fraction of sp³-hybridized carbons (Fsp3) is 0.400. The summed E-state index contributed by atoms with van der Waals surface area (Å²) in [7, 11) is 0. The van der Waals surface area contributed by atoms with Crippen LogP contribution in [0, 0.1) is 0 Å². The molecule has 2 aliphatic carbocycles. The van der Waals surface area contributed by atoms with E-state index in [0.29, 0.717) is 0 Å². The largest absolute Gasteiger partial charge is 0.304 e. The summed E-state index contributed by atoms with van der Waals surface area (Å²) in [6.07, 6.45) is 9.47. The number of hydrazine groups is 1. The third-order valence-corrected chi connectivity index (χ3v) is 2.80. The maximum Gasteiger partial charge on any atom is 0.0596 e. The third-order valence-electron chi connectivity index (χ3n) is 2.80. The smallest absolute Gasteiger partial charge is 0.0596 e. The molecule has 0 saturated heterocycles. The lowest BCUT2D eigenvalue weighted by Crippen LogP contribution is -2.22. The minimum atomic E-state index is 1.09. The molecule has 0 bridgehead atoms. The Morgan fingerprint density at radius 1 is 1.08 bits per heavy atom. The van der Waals surface area contributed by atoms with E-state index in [1.54, 1.807) is 5.57 Å². The van der Waals surface area contributed by atoms with Crippen LogP contribution in [0.5, 0.6) is 0 Å². The molecule has 1 heterocycles. The van der Waals surface area contributed by atoms with Gasteiger partial charge in [-0.05, 0) is 31.3 Å². The van der Waals surface area contributed by atoms with Gasteiger partial charge in [-0.1, -0.05) is 12.2 Å². The minimum Gasteiger partial charge on any atom is -0.304 e. The first kappa shape index (κ1) is 6.35. The highest BCUT2D eigenvalue weighted by molar-refractivity contribution is 5.55. The zero-order chi connectivity index (χ0) is 7.97. The van der Waals surface area contributed by atoms with Gasteiger partial charge in [0.2, 0.25) is 0 Å². The van der Waals surface area contributed by atoms with Crippen molar-refractivity contribution in [2.24, 2.45) is 0 Å². The molecule has 0 aromatic rings. The number of hydrogen-bond acceptors (Lipinski definition) is 2. The Labute approximate surface area is 72.0 Å². The molecule has 2 N–H and O–H groups in total. The Hall–Kier alpha value is -1.18. The van der Waals surface area contributed by atoms with Crippen LogP contribution in [0.3, 0.4) is 0 Å². The van der Waals surface area contributed by atoms with Crippen molar-refractivity contribution in [1.82, 2.24) is 10.9 Å². The van der Waals surface area contributed by atoms with E-state index in [1.165, 1.54) is 36.2 Å². The molecule has 0 aromatic carbocycles. The van der Waals surface area contributed by atoms with Gasteiger partial charge >= 0.3 is 0 Å². The quantitative estimate of drug-likeness (QED) is 0.564. The summed E-state index contributed by atoms with van der Waals surface area (Å²) in [6.45, 7) is 0. The van der Waals surface area contributed by atoms with Crippen molar-refractivity contribution in [2.75, 3.05) is 0 Å². The lowest BCUT2D eigenvalue weighted by molar-refractivity contribution is 0.681. The molecule has 2 nitrogen and oxygen atoms in total. The standard InChI is InChI=1S/C10H12N2/c1-3-7-4-2-6-9-10(7)8(5-1)11-12-9/h3,5,11-12H,1-2,4,6H2. The Bertz CT molecular complexity index is 321. The van der Waals surface area contributed by atoms with Crippen LogP contribution in [0.1, 0.15) is 25.7 Å². The molecule has 0 amide bonds. The van der Waals surface area contributed by atoms with Crippen LogP contribution in [0.2, 0.25) is 0 Å². The van der Waals surface area contributed by atoms with Gasteiger partial charge in [-0.15, -0.1) is 0 Å². The van der Waals surface area contributed by atoms with Crippen molar-refractivity contribution >= 4 is 0 Å². The van der Waals surface area contributed by atoms with Crippen molar-refractivity contribution in [3.05, 3.63) is 34.7 Å². The lowest BCUT2D eigenvalue weighted by Gasteiger charge is -2.18. The third kappa shape index (κ3) is 0.697. The average molecular weight is 160 g/mol. The monoisotopic (exact) mass is 160 g/mol. The van der Waals surface area contributed by atoms with E-state index < -0.39 is 0 Å². The van der Waals surface area contributed by atoms with Crippen LogP contribution < -0.4 is 10.9 Å². The van der Waals surface area contributed by atoms with Crippen molar-refractivity contribution in [1.29, 1.82) is 0 Å². The lowest BCUT2D eigenvalue weighted by atomic mass is 9.87. The highest BCUT2D eigenvalue weighted by atomic mass is 15.4. The van der Waals surface area contributed by atoms with Crippen molar-refractivity contribution in [2.45, 2.75) is 25.7 Å². The molecule has 0 aromatic heterocycles. The molecule has 62 valence electrons. The van der Waals surface area contributed by atoms with E-state index in [2.05, 4.69) is 23.0 Å². The number of nitrogens with one attached hydrogen (secondary N) is 2. The SMILES string of the molecule is C1=C2CCCC3=C2C(=CC1)NN3. The second-order valence-corrected chi connectivity index (χ2v) is 3.54. The van der Waals surface area contributed by atoms with E-state index in [0.717, 1.165) is 6.42 Å². The van der Waals surface area contributed by atoms with Gasteiger partial charge in [-0.25, -0.2) is 0 Å². The van der Waals surface area contributed by atoms with E-state index in [4.69, 9.17) is 0 Å². The fourth-order valence-corrected chi connectivity index (χ4v) is 2.24. The molecular weight excluding hydrogens is 148 g/mol. The molecule has 0 saturated carbocycles. The first-order valence-electron chi connectivity index (χ1n) is 4.60. The molecule has 0 fully saturated rings. The Morgan fingerprint density at radius 3 is 3.08 bits per heavy atom. The second-order valence-electron chi connectivity index (χ2n) is 3.54. The van der Waals surface area contributed by atoms with Gasteiger partial charge < -0.3 is 10.9 Å². The van der Waals surface area contributed by atoms with E-state index in [1.807, 2.05) is 0 Å². The maximum absolute atomic E-state index is 3.25. The zero-order valence-corrected chi connectivity index (χ0v) is 6.98. The van der Waals surface area contributed by atoms with Crippen LogP contribution in [-0.2, 0) is 0 Å². The van der Waals surface area contributed by atoms with Crippen LogP contribution in [0.25, 0.3) is 0 Å². The zero-order valence-electron chi connectivity index (χ0n) is 6.98. The van der Waals surface area contributed by atoms with E-state index in [-0.39, 0.29) is 0 Å². The second kappa shape index (κ2) is 2.16. The van der Waals surface area contributed by atoms with Crippen LogP contribution in [0.4, 0.5) is 0 Å². The molecular formula is C10H12N2. The van der Waals surface area contributed by atoms with Gasteiger partial charge in [-0.3, -0.25) is 0 Å². The van der Waals surface area contributed by atoms with Gasteiger partial charge in [0.1, 0.15) is 0 Å². The number of allylic oxidation sites excluding steroid dienone is 4. The fourth-order valence-electron chi connectivity index (χ4n) is 2.24. The molecule has 2 heteroatoms. The Kier molecular flexibility index (Phi) is 1.14. The molecule has 0 radical (unpaired) electrons. The predicted molar refractivity (Wildman–Crippen MR) is 47.9 cm³/mol. The van der Waals surface area contributed by atoms with Crippen molar-refractivity contribution < 1.29 is 0 Å². The summed E-state index contributed by atoms with van der Waals surface area (Å²) in [6, 6.07) is 0. The molecule has 1 aliphatic heterocycles. The predicted octanol–water partition coefficient (Wildman–Crippen LogP) is 1.75. The Balaban J connectivity index is 2.16. The van der Waals surface area contributed by atoms with Crippen LogP contribution in [0.15, 0.2) is 34.7 Å². The van der Waals surface area contributed by atoms with E-state index in [9.17, 15) is 0 Å². The average Bonchev–Trinajstić information content (AvgIpc) is 2.52. The van der Waals surface area contributed by atoms with Gasteiger partial charge in [0.15, 0.2) is 0 Å². The number of hydrogen-bond donors (Lipinski definition) is 2. The Morgan fingerprint density at radius 2 is 2.08 bits per heavy atom. The first-order chi connectivity index (χ1) is 5.95. The van der Waals surface area contributed by atoms with Crippen LogP contribution >= 0.6 is 0 Å². The molecule has 12 heavy (non-hydrogen) atoms. The topological polar surface area (TPSA) is 24.1 Å². The van der Waals surface area contributed by atoms with E-state index >= 15 is 0 Å². The first-order valence-corrected chi connectivity index (χ1v) is 4.60.